The topological polar surface area (TPSA) is 73.9 Å². The lowest BCUT2D eigenvalue weighted by molar-refractivity contribution is 0.173. The summed E-state index contributed by atoms with van der Waals surface area (Å²) >= 11 is 0. The van der Waals surface area contributed by atoms with Gasteiger partial charge < -0.3 is 19.5 Å². The summed E-state index contributed by atoms with van der Waals surface area (Å²) in [4.78, 5) is 0. The molecule has 1 fully saturated rings. The first kappa shape index (κ1) is 14.5. The van der Waals surface area contributed by atoms with Gasteiger partial charge in [0.15, 0.2) is 21.3 Å². The zero-order valence-electron chi connectivity index (χ0n) is 11.9. The first-order valence-electron chi connectivity index (χ1n) is 7.08. The number of sulfone groups is 1. The molecule has 1 atom stereocenters. The van der Waals surface area contributed by atoms with Crippen LogP contribution in [0.3, 0.4) is 0 Å². The first-order valence-corrected chi connectivity index (χ1v) is 8.90. The number of ether oxygens (including phenoxy) is 3. The van der Waals surface area contributed by atoms with Gasteiger partial charge in [0.1, 0.15) is 11.9 Å². The van der Waals surface area contributed by atoms with Crippen LogP contribution in [0.2, 0.25) is 0 Å². The minimum Gasteiger partial charge on any atom is -0.489 e. The summed E-state index contributed by atoms with van der Waals surface area (Å²) in [7, 11) is -2.95. The van der Waals surface area contributed by atoms with E-state index in [0.29, 0.717) is 30.2 Å². The Morgan fingerprint density at radius 1 is 1.33 bits per heavy atom. The van der Waals surface area contributed by atoms with Crippen LogP contribution in [0.5, 0.6) is 17.2 Å². The van der Waals surface area contributed by atoms with Crippen molar-refractivity contribution in [3.8, 4) is 17.2 Å². The fourth-order valence-electron chi connectivity index (χ4n) is 2.51. The zero-order chi connectivity index (χ0) is 14.9. The van der Waals surface area contributed by atoms with E-state index in [1.807, 2.05) is 13.0 Å². The van der Waals surface area contributed by atoms with Crippen molar-refractivity contribution in [1.82, 2.24) is 5.32 Å². The zero-order valence-corrected chi connectivity index (χ0v) is 12.7. The van der Waals surface area contributed by atoms with E-state index in [0.717, 1.165) is 12.1 Å². The number of fused-ring (bicyclic) bond motifs is 1. The molecule has 6 nitrogen and oxygen atoms in total. The third kappa shape index (κ3) is 3.24. The molecule has 2 heterocycles. The number of hydrogen-bond acceptors (Lipinski definition) is 6. The largest absolute Gasteiger partial charge is 0.489 e. The van der Waals surface area contributed by atoms with E-state index in [1.165, 1.54) is 0 Å². The molecule has 0 bridgehead atoms. The average molecular weight is 313 g/mol. The number of benzene rings is 1. The Kier molecular flexibility index (Phi) is 3.95. The van der Waals surface area contributed by atoms with Gasteiger partial charge in [0.2, 0.25) is 6.79 Å². The van der Waals surface area contributed by atoms with Crippen molar-refractivity contribution in [1.29, 1.82) is 0 Å². The van der Waals surface area contributed by atoms with Crippen molar-refractivity contribution in [2.75, 3.05) is 24.8 Å². The van der Waals surface area contributed by atoms with Crippen LogP contribution in [0.4, 0.5) is 0 Å². The highest BCUT2D eigenvalue weighted by Crippen LogP contribution is 2.39. The fraction of sp³-hybridized carbons (Fsp3) is 0.571. The van der Waals surface area contributed by atoms with Crippen LogP contribution in [0.1, 0.15) is 18.9 Å². The lowest BCUT2D eigenvalue weighted by atomic mass is 10.1. The van der Waals surface area contributed by atoms with Crippen LogP contribution in [0.25, 0.3) is 0 Å². The van der Waals surface area contributed by atoms with Crippen LogP contribution >= 0.6 is 0 Å². The molecule has 2 aliphatic rings. The Bertz CT molecular complexity index is 628. The predicted molar refractivity (Wildman–Crippen MR) is 77.6 cm³/mol. The van der Waals surface area contributed by atoms with Gasteiger partial charge in [-0.1, -0.05) is 6.92 Å². The van der Waals surface area contributed by atoms with Crippen molar-refractivity contribution in [3.63, 3.8) is 0 Å². The molecule has 7 heteroatoms. The van der Waals surface area contributed by atoms with E-state index in [4.69, 9.17) is 14.2 Å². The van der Waals surface area contributed by atoms with E-state index < -0.39 is 9.84 Å². The highest BCUT2D eigenvalue weighted by atomic mass is 32.2. The molecule has 0 saturated carbocycles. The van der Waals surface area contributed by atoms with Crippen molar-refractivity contribution >= 4 is 9.84 Å². The fourth-order valence-corrected chi connectivity index (χ4v) is 4.10. The second kappa shape index (κ2) is 5.73. The maximum absolute atomic E-state index is 11.5. The first-order chi connectivity index (χ1) is 10.1. The molecule has 1 aromatic carbocycles. The van der Waals surface area contributed by atoms with E-state index in [1.54, 1.807) is 6.07 Å². The van der Waals surface area contributed by atoms with E-state index >= 15 is 0 Å². The van der Waals surface area contributed by atoms with E-state index in [9.17, 15) is 8.42 Å². The lowest BCUT2D eigenvalue weighted by Crippen LogP contribution is -2.20. The van der Waals surface area contributed by atoms with E-state index in [-0.39, 0.29) is 24.4 Å². The summed E-state index contributed by atoms with van der Waals surface area (Å²) in [5.41, 5.74) is 0.949. The smallest absolute Gasteiger partial charge is 0.231 e. The van der Waals surface area contributed by atoms with Crippen molar-refractivity contribution in [2.45, 2.75) is 26.0 Å². The van der Waals surface area contributed by atoms with E-state index in [2.05, 4.69) is 5.32 Å². The van der Waals surface area contributed by atoms with Crippen LogP contribution in [-0.2, 0) is 16.4 Å². The SMILES string of the molecule is CCNCc1cc2c(cc1OC1CCS(=O)(=O)C1)OCO2. The van der Waals surface area contributed by atoms with Crippen molar-refractivity contribution < 1.29 is 22.6 Å². The molecule has 3 rings (SSSR count). The Morgan fingerprint density at radius 2 is 2.10 bits per heavy atom. The standard InChI is InChI=1S/C14H19NO5S/c1-2-15-7-10-5-13-14(19-9-18-13)6-12(10)20-11-3-4-21(16,17)8-11/h5-6,11,15H,2-4,7-9H2,1H3. The highest BCUT2D eigenvalue weighted by Gasteiger charge is 2.30. The Hall–Kier alpha value is -1.47. The molecule has 1 N–H and O–H groups in total. The molecule has 0 spiro atoms. The minimum atomic E-state index is -2.95. The molecule has 0 aliphatic carbocycles. The van der Waals surface area contributed by atoms with Gasteiger partial charge in [-0.15, -0.1) is 0 Å². The molecule has 1 saturated heterocycles. The molecule has 21 heavy (non-hydrogen) atoms. The highest BCUT2D eigenvalue weighted by molar-refractivity contribution is 7.91. The Morgan fingerprint density at radius 3 is 2.76 bits per heavy atom. The van der Waals surface area contributed by atoms with Gasteiger partial charge in [-0.2, -0.15) is 0 Å². The summed E-state index contributed by atoms with van der Waals surface area (Å²) in [5, 5.41) is 3.24. The molecular formula is C14H19NO5S. The summed E-state index contributed by atoms with van der Waals surface area (Å²) in [6, 6.07) is 3.68. The van der Waals surface area contributed by atoms with Crippen LogP contribution in [0.15, 0.2) is 12.1 Å². The second-order valence-electron chi connectivity index (χ2n) is 5.24. The molecule has 0 radical (unpaired) electrons. The molecule has 0 amide bonds. The lowest BCUT2D eigenvalue weighted by Gasteiger charge is -2.16. The maximum atomic E-state index is 11.5. The van der Waals surface area contributed by atoms with Gasteiger partial charge in [-0.3, -0.25) is 0 Å². The number of nitrogens with one attached hydrogen (secondary N) is 1. The Labute approximate surface area is 124 Å². The molecule has 1 aromatic rings. The maximum Gasteiger partial charge on any atom is 0.231 e. The van der Waals surface area contributed by atoms with Gasteiger partial charge in [-0.25, -0.2) is 8.42 Å². The molecule has 116 valence electrons. The monoisotopic (exact) mass is 313 g/mol. The Balaban J connectivity index is 1.82. The van der Waals surface area contributed by atoms with Crippen LogP contribution < -0.4 is 19.5 Å². The molecule has 1 unspecified atom stereocenters. The summed E-state index contributed by atoms with van der Waals surface area (Å²) < 4.78 is 39.7. The van der Waals surface area contributed by atoms with Gasteiger partial charge in [0.25, 0.3) is 0 Å². The summed E-state index contributed by atoms with van der Waals surface area (Å²) in [6.07, 6.45) is 0.257. The summed E-state index contributed by atoms with van der Waals surface area (Å²) in [6.45, 7) is 3.71. The summed E-state index contributed by atoms with van der Waals surface area (Å²) in [5.74, 6) is 2.30. The third-order valence-corrected chi connectivity index (χ3v) is 5.34. The molecule has 0 aromatic heterocycles. The molecule has 2 aliphatic heterocycles. The van der Waals surface area contributed by atoms with Gasteiger partial charge in [0.05, 0.1) is 11.5 Å². The van der Waals surface area contributed by atoms with Crippen LogP contribution in [0, 0.1) is 0 Å². The average Bonchev–Trinajstić information content (AvgIpc) is 3.02. The quantitative estimate of drug-likeness (QED) is 0.877. The van der Waals surface area contributed by atoms with Crippen molar-refractivity contribution in [3.05, 3.63) is 17.7 Å². The van der Waals surface area contributed by atoms with Gasteiger partial charge in [0, 0.05) is 18.2 Å². The van der Waals surface area contributed by atoms with Crippen molar-refractivity contribution in [2.24, 2.45) is 0 Å². The van der Waals surface area contributed by atoms with Gasteiger partial charge >= 0.3 is 0 Å². The van der Waals surface area contributed by atoms with Crippen LogP contribution in [-0.4, -0.2) is 39.4 Å². The predicted octanol–water partition coefficient (Wildman–Crippen LogP) is 1.09. The second-order valence-corrected chi connectivity index (χ2v) is 7.47. The minimum absolute atomic E-state index is 0.0854. The number of hydrogen-bond donors (Lipinski definition) is 1. The number of rotatable bonds is 5. The normalized spacial score (nSPS) is 22.4. The third-order valence-electron chi connectivity index (χ3n) is 3.61. The van der Waals surface area contributed by atoms with Gasteiger partial charge in [-0.05, 0) is 19.0 Å². The molecular weight excluding hydrogens is 294 g/mol.